The predicted octanol–water partition coefficient (Wildman–Crippen LogP) is 19.4. The number of hydrogen-bond acceptors (Lipinski definition) is 6. The molecule has 6 heteroatoms. The van der Waals surface area contributed by atoms with Gasteiger partial charge in [0.15, 0.2) is 6.10 Å². The first-order chi connectivity index (χ1) is 35.5. The number of carbonyl (C=O) groups is 3. The van der Waals surface area contributed by atoms with E-state index in [-0.39, 0.29) is 31.6 Å². The van der Waals surface area contributed by atoms with Gasteiger partial charge in [0.1, 0.15) is 13.2 Å². The Balaban J connectivity index is 4.32. The molecule has 0 fully saturated rings. The lowest BCUT2D eigenvalue weighted by Gasteiger charge is -2.18. The van der Waals surface area contributed by atoms with E-state index in [1.165, 1.54) is 44.9 Å². The van der Waals surface area contributed by atoms with Crippen LogP contribution in [-0.4, -0.2) is 37.2 Å². The molecule has 0 heterocycles. The fourth-order valence-electron chi connectivity index (χ4n) is 7.12. The molecule has 0 bridgehead atoms. The summed E-state index contributed by atoms with van der Waals surface area (Å²) in [5, 5.41) is 0. The highest BCUT2D eigenvalue weighted by atomic mass is 16.6. The Labute approximate surface area is 441 Å². The minimum atomic E-state index is -0.842. The lowest BCUT2D eigenvalue weighted by molar-refractivity contribution is -0.166. The van der Waals surface area contributed by atoms with Gasteiger partial charge in [-0.3, -0.25) is 14.4 Å². The standard InChI is InChI=1S/C66H102O6/c1-4-7-10-13-16-19-21-23-25-26-27-28-29-30-31-32-33-34-35-36-37-38-39-40-42-43-45-47-50-53-56-59-65(68)71-62-63(61-70-64(67)58-55-52-49-18-15-12-9-6-3)72-66(69)60-57-54-51-48-46-44-41-24-22-20-17-14-11-8-5-2/h7-8,10-11,16-17,19-20,23-25,27-28,30-31,33-34,36-37,39-41,46,48,54,57,63H,4-6,9,12-15,18,21-22,26,29,32,35,38,42-45,47,49-53,55-56,58-62H2,1-3H3/b10-7-,11-8-,19-16-,20-17-,25-23-,28-27-,31-30-,34-33-,37-36-,40-39-,41-24-,48-46-,57-54-. The Bertz CT molecular complexity index is 1660. The largest absolute Gasteiger partial charge is 0.462 e. The molecule has 0 saturated carbocycles. The van der Waals surface area contributed by atoms with Crippen LogP contribution in [0.15, 0.2) is 158 Å². The fourth-order valence-corrected chi connectivity index (χ4v) is 7.12. The molecule has 1 unspecified atom stereocenters. The Kier molecular flexibility index (Phi) is 54.6. The van der Waals surface area contributed by atoms with E-state index < -0.39 is 12.1 Å². The quantitative estimate of drug-likeness (QED) is 0.0262. The summed E-state index contributed by atoms with van der Waals surface area (Å²) in [6, 6.07) is 0. The van der Waals surface area contributed by atoms with E-state index in [0.29, 0.717) is 19.3 Å². The van der Waals surface area contributed by atoms with Gasteiger partial charge in [0, 0.05) is 12.8 Å². The van der Waals surface area contributed by atoms with Gasteiger partial charge in [-0.25, -0.2) is 0 Å². The molecule has 0 aromatic heterocycles. The fraction of sp³-hybridized carbons (Fsp3) is 0.561. The summed E-state index contributed by atoms with van der Waals surface area (Å²) < 4.78 is 16.6. The lowest BCUT2D eigenvalue weighted by Crippen LogP contribution is -2.30. The summed E-state index contributed by atoms with van der Waals surface area (Å²) in [4.78, 5) is 37.9. The molecular formula is C66H102O6. The van der Waals surface area contributed by atoms with Gasteiger partial charge in [0.05, 0.1) is 6.42 Å². The van der Waals surface area contributed by atoms with Crippen LogP contribution in [0.1, 0.15) is 220 Å². The monoisotopic (exact) mass is 991 g/mol. The average molecular weight is 992 g/mol. The van der Waals surface area contributed by atoms with Crippen LogP contribution in [0.4, 0.5) is 0 Å². The van der Waals surface area contributed by atoms with Crippen LogP contribution in [0.25, 0.3) is 0 Å². The van der Waals surface area contributed by atoms with Crippen molar-refractivity contribution in [3.63, 3.8) is 0 Å². The first-order valence-corrected chi connectivity index (χ1v) is 28.5. The normalized spacial score (nSPS) is 13.3. The number of rotatable bonds is 49. The number of allylic oxidation sites excluding steroid dienone is 25. The summed E-state index contributed by atoms with van der Waals surface area (Å²) in [6.45, 7) is 6.26. The number of esters is 3. The van der Waals surface area contributed by atoms with Crippen LogP contribution < -0.4 is 0 Å². The first-order valence-electron chi connectivity index (χ1n) is 28.5. The first kappa shape index (κ1) is 67.0. The van der Waals surface area contributed by atoms with E-state index in [0.717, 1.165) is 128 Å². The second-order valence-corrected chi connectivity index (χ2v) is 18.1. The molecule has 0 spiro atoms. The molecule has 0 saturated heterocycles. The van der Waals surface area contributed by atoms with Crippen LogP contribution in [0.5, 0.6) is 0 Å². The van der Waals surface area contributed by atoms with E-state index in [9.17, 15) is 14.4 Å². The maximum atomic E-state index is 12.7. The zero-order chi connectivity index (χ0) is 52.2. The summed E-state index contributed by atoms with van der Waals surface area (Å²) in [5.41, 5.74) is 0. The van der Waals surface area contributed by atoms with Crippen molar-refractivity contribution in [2.75, 3.05) is 13.2 Å². The highest BCUT2D eigenvalue weighted by Gasteiger charge is 2.19. The third kappa shape index (κ3) is 56.0. The van der Waals surface area contributed by atoms with Crippen LogP contribution in [0.2, 0.25) is 0 Å². The smallest absolute Gasteiger partial charge is 0.310 e. The minimum absolute atomic E-state index is 0.0874. The highest BCUT2D eigenvalue weighted by Crippen LogP contribution is 2.13. The molecular weight excluding hydrogens is 889 g/mol. The van der Waals surface area contributed by atoms with Gasteiger partial charge >= 0.3 is 17.9 Å². The molecule has 0 radical (unpaired) electrons. The van der Waals surface area contributed by atoms with Gasteiger partial charge in [-0.2, -0.15) is 0 Å². The highest BCUT2D eigenvalue weighted by molar-refractivity contribution is 5.72. The maximum absolute atomic E-state index is 12.7. The number of hydrogen-bond donors (Lipinski definition) is 0. The van der Waals surface area contributed by atoms with Crippen molar-refractivity contribution in [2.24, 2.45) is 0 Å². The summed E-state index contributed by atoms with van der Waals surface area (Å²) >= 11 is 0. The van der Waals surface area contributed by atoms with Crippen molar-refractivity contribution in [2.45, 2.75) is 226 Å². The Hall–Kier alpha value is -4.97. The molecule has 0 aromatic rings. The minimum Gasteiger partial charge on any atom is -0.462 e. The molecule has 0 aromatic carbocycles. The van der Waals surface area contributed by atoms with E-state index in [1.807, 2.05) is 6.08 Å². The van der Waals surface area contributed by atoms with E-state index in [2.05, 4.69) is 167 Å². The molecule has 1 atom stereocenters. The summed E-state index contributed by atoms with van der Waals surface area (Å²) in [6.07, 6.45) is 85.7. The van der Waals surface area contributed by atoms with Crippen molar-refractivity contribution in [3.05, 3.63) is 158 Å². The van der Waals surface area contributed by atoms with Crippen LogP contribution in [-0.2, 0) is 28.6 Å². The van der Waals surface area contributed by atoms with Gasteiger partial charge in [-0.1, -0.05) is 249 Å². The van der Waals surface area contributed by atoms with Crippen molar-refractivity contribution < 1.29 is 28.6 Å². The lowest BCUT2D eigenvalue weighted by atomic mass is 10.1. The Morgan fingerprint density at radius 3 is 0.917 bits per heavy atom. The van der Waals surface area contributed by atoms with Crippen molar-refractivity contribution in [3.8, 4) is 0 Å². The molecule has 0 N–H and O–H groups in total. The van der Waals surface area contributed by atoms with Crippen LogP contribution in [0, 0.1) is 0 Å². The predicted molar refractivity (Wildman–Crippen MR) is 311 cm³/mol. The molecule has 72 heavy (non-hydrogen) atoms. The number of unbranched alkanes of at least 4 members (excludes halogenated alkanes) is 13. The zero-order valence-corrected chi connectivity index (χ0v) is 45.9. The third-order valence-electron chi connectivity index (χ3n) is 11.3. The molecule has 0 amide bonds. The SMILES string of the molecule is CC/C=C\C/C=C\C/C=C\C/C=C\C/C=C\C/C=C\C/C=C\C/C=C\CCCCCCCCC(=O)OCC(COC(=O)CCCCCCCCCC)OC(=O)C/C=C\C/C=C\C/C=C\C/C=C\C/C=C\CC. The van der Waals surface area contributed by atoms with Crippen molar-refractivity contribution >= 4 is 17.9 Å². The summed E-state index contributed by atoms with van der Waals surface area (Å²) in [5.74, 6) is -1.09. The van der Waals surface area contributed by atoms with Gasteiger partial charge in [-0.05, 0) is 109 Å². The van der Waals surface area contributed by atoms with Gasteiger partial charge in [-0.15, -0.1) is 0 Å². The third-order valence-corrected chi connectivity index (χ3v) is 11.3. The van der Waals surface area contributed by atoms with Crippen LogP contribution in [0.3, 0.4) is 0 Å². The molecule has 0 rings (SSSR count). The molecule has 402 valence electrons. The maximum Gasteiger partial charge on any atom is 0.310 e. The molecule has 6 nitrogen and oxygen atoms in total. The average Bonchev–Trinajstić information content (AvgIpc) is 3.38. The Morgan fingerprint density at radius 1 is 0.306 bits per heavy atom. The molecule has 0 aliphatic heterocycles. The van der Waals surface area contributed by atoms with E-state index in [1.54, 1.807) is 6.08 Å². The Morgan fingerprint density at radius 2 is 0.583 bits per heavy atom. The van der Waals surface area contributed by atoms with Crippen LogP contribution >= 0.6 is 0 Å². The molecule has 0 aliphatic carbocycles. The number of ether oxygens (including phenoxy) is 3. The summed E-state index contributed by atoms with van der Waals surface area (Å²) in [7, 11) is 0. The second kappa shape index (κ2) is 58.6. The van der Waals surface area contributed by atoms with Gasteiger partial charge in [0.25, 0.3) is 0 Å². The zero-order valence-electron chi connectivity index (χ0n) is 45.9. The van der Waals surface area contributed by atoms with Gasteiger partial charge < -0.3 is 14.2 Å². The van der Waals surface area contributed by atoms with Crippen molar-refractivity contribution in [1.29, 1.82) is 0 Å². The topological polar surface area (TPSA) is 78.9 Å². The second-order valence-electron chi connectivity index (χ2n) is 18.1. The van der Waals surface area contributed by atoms with E-state index >= 15 is 0 Å². The van der Waals surface area contributed by atoms with Crippen molar-refractivity contribution in [1.82, 2.24) is 0 Å². The number of carbonyl (C=O) groups excluding carboxylic acids is 3. The van der Waals surface area contributed by atoms with E-state index in [4.69, 9.17) is 14.2 Å². The molecule has 0 aliphatic rings. The van der Waals surface area contributed by atoms with Gasteiger partial charge in [0.2, 0.25) is 0 Å².